The van der Waals surface area contributed by atoms with E-state index in [1.165, 1.54) is 24.5 Å². The Labute approximate surface area is 217 Å². The molecule has 2 N–H and O–H groups in total. The lowest BCUT2D eigenvalue weighted by Crippen LogP contribution is -2.39. The van der Waals surface area contributed by atoms with Crippen LogP contribution in [0.2, 0.25) is 5.02 Å². The quantitative estimate of drug-likeness (QED) is 0.286. The number of nitrogens with one attached hydrogen (secondary N) is 2. The van der Waals surface area contributed by atoms with Gasteiger partial charge in [0.25, 0.3) is 17.6 Å². The Hall–Kier alpha value is -3.98. The van der Waals surface area contributed by atoms with Crippen molar-refractivity contribution in [3.63, 3.8) is 0 Å². The number of hydrogen-bond donors (Lipinski definition) is 2. The van der Waals surface area contributed by atoms with Gasteiger partial charge in [-0.1, -0.05) is 23.7 Å². The average Bonchev–Trinajstić information content (AvgIpc) is 3.52. The third-order valence-electron chi connectivity index (χ3n) is 6.83. The van der Waals surface area contributed by atoms with Crippen LogP contribution in [0.3, 0.4) is 0 Å². The number of aryl methyl sites for hydroxylation is 1. The number of piperidine rings is 1. The van der Waals surface area contributed by atoms with Crippen molar-refractivity contribution in [1.82, 2.24) is 19.4 Å². The first-order chi connectivity index (χ1) is 17.8. The lowest BCUT2D eigenvalue weighted by molar-refractivity contribution is -0.112. The van der Waals surface area contributed by atoms with Crippen LogP contribution in [0, 0.1) is 11.7 Å². The number of aromatic amines is 1. The normalized spacial score (nSPS) is 14.2. The molecule has 10 heteroatoms. The molecule has 0 radical (unpaired) electrons. The molecule has 0 spiro atoms. The van der Waals surface area contributed by atoms with Gasteiger partial charge in [-0.15, -0.1) is 0 Å². The number of fused-ring (bicyclic) bond motifs is 1. The topological polar surface area (TPSA) is 100 Å². The number of nitrogens with zero attached hydrogens (tertiary/aromatic N) is 3. The zero-order chi connectivity index (χ0) is 26.1. The van der Waals surface area contributed by atoms with Gasteiger partial charge in [0, 0.05) is 44.1 Å². The van der Waals surface area contributed by atoms with Gasteiger partial charge in [0.1, 0.15) is 5.82 Å². The molecule has 0 aliphatic carbocycles. The molecule has 1 aliphatic heterocycles. The van der Waals surface area contributed by atoms with Crippen LogP contribution >= 0.6 is 11.6 Å². The number of rotatable bonds is 6. The maximum atomic E-state index is 13.4. The Morgan fingerprint density at radius 1 is 1.14 bits per heavy atom. The summed E-state index contributed by atoms with van der Waals surface area (Å²) in [6, 6.07) is 9.78. The van der Waals surface area contributed by atoms with Gasteiger partial charge in [0.2, 0.25) is 5.95 Å². The summed E-state index contributed by atoms with van der Waals surface area (Å²) in [5.41, 5.74) is 2.17. The van der Waals surface area contributed by atoms with Crippen LogP contribution in [0.5, 0.6) is 0 Å². The molecule has 8 nitrogen and oxygen atoms in total. The molecule has 0 bridgehead atoms. The van der Waals surface area contributed by atoms with Gasteiger partial charge in [-0.25, -0.2) is 9.37 Å². The summed E-state index contributed by atoms with van der Waals surface area (Å²) in [7, 11) is 1.74. The molecular formula is C27H25ClFN5O3. The minimum atomic E-state index is -0.839. The van der Waals surface area contributed by atoms with Crippen LogP contribution in [0.15, 0.2) is 55.0 Å². The predicted octanol–water partition coefficient (Wildman–Crippen LogP) is 4.61. The third kappa shape index (κ3) is 5.13. The Morgan fingerprint density at radius 2 is 1.86 bits per heavy atom. The number of anilines is 1. The second-order valence-corrected chi connectivity index (χ2v) is 9.70. The summed E-state index contributed by atoms with van der Waals surface area (Å²) in [4.78, 5) is 47.3. The van der Waals surface area contributed by atoms with E-state index >= 15 is 0 Å². The van der Waals surface area contributed by atoms with E-state index in [0.29, 0.717) is 29.9 Å². The first-order valence-electron chi connectivity index (χ1n) is 12.0. The highest BCUT2D eigenvalue weighted by Gasteiger charge is 2.28. The molecule has 0 atom stereocenters. The first kappa shape index (κ1) is 24.7. The molecule has 190 valence electrons. The van der Waals surface area contributed by atoms with E-state index < -0.39 is 11.7 Å². The second-order valence-electron chi connectivity index (χ2n) is 9.29. The van der Waals surface area contributed by atoms with E-state index in [9.17, 15) is 18.8 Å². The molecule has 1 fully saturated rings. The maximum absolute atomic E-state index is 13.4. The van der Waals surface area contributed by atoms with Gasteiger partial charge in [0.05, 0.1) is 21.7 Å². The molecular weight excluding hydrogens is 497 g/mol. The molecule has 2 aromatic carbocycles. The summed E-state index contributed by atoms with van der Waals surface area (Å²) < 4.78 is 14.9. The standard InChI is InChI=1S/C27H25ClFN5O3/c1-33-15-21(24(35)25(36)32-27-30-8-9-31-27)19-13-20(22(28)14-23(19)33)26(37)34-10-6-17(7-11-34)12-16-2-4-18(29)5-3-16/h2-5,8-9,13-15,17H,6-7,10-12H2,1H3,(H2,30,31,32,36). The van der Waals surface area contributed by atoms with Crippen molar-refractivity contribution in [2.45, 2.75) is 19.3 Å². The van der Waals surface area contributed by atoms with Gasteiger partial charge < -0.3 is 14.5 Å². The fourth-order valence-electron chi connectivity index (χ4n) is 4.83. The van der Waals surface area contributed by atoms with Gasteiger partial charge >= 0.3 is 0 Å². The largest absolute Gasteiger partial charge is 0.350 e. The van der Waals surface area contributed by atoms with Gasteiger partial charge in [-0.3, -0.25) is 19.7 Å². The fraction of sp³-hybridized carbons (Fsp3) is 0.259. The van der Waals surface area contributed by atoms with E-state index in [1.54, 1.807) is 47.0 Å². The molecule has 37 heavy (non-hydrogen) atoms. The first-order valence-corrected chi connectivity index (χ1v) is 12.4. The van der Waals surface area contributed by atoms with Crippen molar-refractivity contribution in [3.8, 4) is 0 Å². The Balaban J connectivity index is 1.33. The number of benzene rings is 2. The van der Waals surface area contributed by atoms with Crippen molar-refractivity contribution >= 4 is 46.0 Å². The minimum Gasteiger partial charge on any atom is -0.350 e. The number of likely N-dealkylation sites (tertiary alicyclic amines) is 1. The highest BCUT2D eigenvalue weighted by Crippen LogP contribution is 2.30. The van der Waals surface area contributed by atoms with Crippen LogP contribution in [-0.4, -0.2) is 50.1 Å². The molecule has 3 heterocycles. The van der Waals surface area contributed by atoms with Crippen molar-refractivity contribution in [2.24, 2.45) is 13.0 Å². The maximum Gasteiger partial charge on any atom is 0.299 e. The molecule has 2 aromatic heterocycles. The van der Waals surface area contributed by atoms with Crippen LogP contribution in [0.25, 0.3) is 10.9 Å². The van der Waals surface area contributed by atoms with E-state index in [-0.39, 0.29) is 33.8 Å². The number of halogens is 2. The zero-order valence-corrected chi connectivity index (χ0v) is 20.9. The zero-order valence-electron chi connectivity index (χ0n) is 20.1. The number of aromatic nitrogens is 3. The molecule has 5 rings (SSSR count). The number of Topliss-reactive ketones (excluding diaryl/α,β-unsaturated/α-hetero) is 1. The van der Waals surface area contributed by atoms with Crippen LogP contribution in [0.1, 0.15) is 39.1 Å². The van der Waals surface area contributed by atoms with E-state index in [2.05, 4.69) is 15.3 Å². The Bertz CT molecular complexity index is 1470. The number of imidazole rings is 1. The molecule has 2 amide bonds. The fourth-order valence-corrected chi connectivity index (χ4v) is 5.07. The second kappa shape index (κ2) is 10.2. The summed E-state index contributed by atoms with van der Waals surface area (Å²) in [6.45, 7) is 1.15. The summed E-state index contributed by atoms with van der Waals surface area (Å²) in [5.74, 6) is -1.48. The Morgan fingerprint density at radius 3 is 2.54 bits per heavy atom. The number of carbonyl (C=O) groups is 3. The van der Waals surface area contributed by atoms with E-state index in [4.69, 9.17) is 11.6 Å². The van der Waals surface area contributed by atoms with Gasteiger partial charge in [-0.05, 0) is 55.0 Å². The van der Waals surface area contributed by atoms with Crippen LogP contribution < -0.4 is 5.32 Å². The SMILES string of the molecule is Cn1cc(C(=O)C(=O)Nc2ncc[nH]2)c2cc(C(=O)N3CCC(Cc4ccc(F)cc4)CC3)c(Cl)cc21. The smallest absolute Gasteiger partial charge is 0.299 e. The third-order valence-corrected chi connectivity index (χ3v) is 7.14. The van der Waals surface area contributed by atoms with Gasteiger partial charge in [-0.2, -0.15) is 0 Å². The average molecular weight is 522 g/mol. The summed E-state index contributed by atoms with van der Waals surface area (Å²) in [6.07, 6.45) is 7.04. The highest BCUT2D eigenvalue weighted by atomic mass is 35.5. The predicted molar refractivity (Wildman–Crippen MR) is 138 cm³/mol. The lowest BCUT2D eigenvalue weighted by atomic mass is 9.90. The van der Waals surface area contributed by atoms with Crippen molar-refractivity contribution in [3.05, 3.63) is 82.5 Å². The molecule has 0 unspecified atom stereocenters. The molecule has 0 saturated carbocycles. The number of H-pyrrole nitrogens is 1. The number of hydrogen-bond acceptors (Lipinski definition) is 4. The monoisotopic (exact) mass is 521 g/mol. The number of carbonyl (C=O) groups excluding carboxylic acids is 3. The number of amides is 2. The van der Waals surface area contributed by atoms with E-state index in [0.717, 1.165) is 24.8 Å². The molecule has 4 aromatic rings. The van der Waals surface area contributed by atoms with Crippen molar-refractivity contribution < 1.29 is 18.8 Å². The summed E-state index contributed by atoms with van der Waals surface area (Å²) in [5, 5.41) is 3.19. The highest BCUT2D eigenvalue weighted by molar-refractivity contribution is 6.48. The van der Waals surface area contributed by atoms with Crippen LogP contribution in [-0.2, 0) is 18.3 Å². The van der Waals surface area contributed by atoms with E-state index in [1.807, 2.05) is 0 Å². The van der Waals surface area contributed by atoms with Gasteiger partial charge in [0.15, 0.2) is 0 Å². The molecule has 1 saturated heterocycles. The van der Waals surface area contributed by atoms with Crippen molar-refractivity contribution in [1.29, 1.82) is 0 Å². The molecule has 1 aliphatic rings. The lowest BCUT2D eigenvalue weighted by Gasteiger charge is -2.32. The Kier molecular flexibility index (Phi) is 6.80. The van der Waals surface area contributed by atoms with Crippen molar-refractivity contribution in [2.75, 3.05) is 18.4 Å². The summed E-state index contributed by atoms with van der Waals surface area (Å²) >= 11 is 6.52. The number of ketones is 1. The minimum absolute atomic E-state index is 0.167. The van der Waals surface area contributed by atoms with Crippen LogP contribution in [0.4, 0.5) is 10.3 Å².